The van der Waals surface area contributed by atoms with E-state index in [1.807, 2.05) is 0 Å². The fraction of sp³-hybridized carbons (Fsp3) is 0.462. The number of benzene rings is 1. The molecule has 3 atom stereocenters. The summed E-state index contributed by atoms with van der Waals surface area (Å²) in [5.41, 5.74) is 4.68. The molecule has 1 aliphatic carbocycles. The standard InChI is InChI=1S/C13H17NO5S/c1-3-20(17,18)11-10(13(11,14)12(15)16)8-4-6-9(19-2)7-5-8/h4-7,10-11H,3,14H2,1-2H3,(H,15,16)/t10-,11-,13+/m1/s1. The highest BCUT2D eigenvalue weighted by Gasteiger charge is 2.73. The molecule has 7 heteroatoms. The number of rotatable bonds is 5. The van der Waals surface area contributed by atoms with Crippen LogP contribution in [0.2, 0.25) is 0 Å². The van der Waals surface area contributed by atoms with Gasteiger partial charge in [-0.05, 0) is 17.7 Å². The molecule has 0 radical (unpaired) electrons. The van der Waals surface area contributed by atoms with Gasteiger partial charge in [0, 0.05) is 11.7 Å². The normalized spacial score (nSPS) is 28.9. The summed E-state index contributed by atoms with van der Waals surface area (Å²) in [4.78, 5) is 11.3. The Labute approximate surface area is 117 Å². The second kappa shape index (κ2) is 4.75. The molecular formula is C13H17NO5S. The van der Waals surface area contributed by atoms with Crippen molar-refractivity contribution in [3.63, 3.8) is 0 Å². The van der Waals surface area contributed by atoms with Crippen LogP contribution in [0.4, 0.5) is 0 Å². The molecule has 1 aromatic rings. The van der Waals surface area contributed by atoms with Crippen molar-refractivity contribution < 1.29 is 23.1 Å². The monoisotopic (exact) mass is 299 g/mol. The van der Waals surface area contributed by atoms with E-state index in [9.17, 15) is 18.3 Å². The van der Waals surface area contributed by atoms with Crippen LogP contribution in [-0.4, -0.2) is 43.1 Å². The first-order valence-corrected chi connectivity index (χ1v) is 7.88. The Balaban J connectivity index is 2.41. The van der Waals surface area contributed by atoms with Crippen LogP contribution in [0, 0.1) is 0 Å². The Bertz CT molecular complexity index is 625. The van der Waals surface area contributed by atoms with Crippen molar-refractivity contribution >= 4 is 15.8 Å². The quantitative estimate of drug-likeness (QED) is 0.814. The minimum absolute atomic E-state index is 0.128. The maximum atomic E-state index is 12.0. The number of carboxylic acids is 1. The van der Waals surface area contributed by atoms with E-state index in [4.69, 9.17) is 10.5 Å². The third-order valence-corrected chi connectivity index (χ3v) is 6.05. The molecule has 1 fully saturated rings. The largest absolute Gasteiger partial charge is 0.497 e. The zero-order valence-corrected chi connectivity index (χ0v) is 12.1. The molecule has 0 aromatic heterocycles. The molecule has 0 heterocycles. The summed E-state index contributed by atoms with van der Waals surface area (Å²) in [6, 6.07) is 6.62. The van der Waals surface area contributed by atoms with Crippen molar-refractivity contribution in [3.05, 3.63) is 29.8 Å². The van der Waals surface area contributed by atoms with Crippen LogP contribution in [0.15, 0.2) is 24.3 Å². The third-order valence-electron chi connectivity index (χ3n) is 3.81. The predicted octanol–water partition coefficient (Wildman–Crippen LogP) is 0.378. The lowest BCUT2D eigenvalue weighted by molar-refractivity contribution is -0.139. The summed E-state index contributed by atoms with van der Waals surface area (Å²) in [5, 5.41) is 8.18. The van der Waals surface area contributed by atoms with E-state index in [1.54, 1.807) is 24.3 Å². The number of carboxylic acid groups (broad SMARTS) is 1. The number of hydrogen-bond donors (Lipinski definition) is 2. The van der Waals surface area contributed by atoms with Crippen molar-refractivity contribution in [2.75, 3.05) is 12.9 Å². The van der Waals surface area contributed by atoms with Gasteiger partial charge < -0.3 is 15.6 Å². The number of nitrogens with two attached hydrogens (primary N) is 1. The molecule has 0 amide bonds. The molecule has 6 nitrogen and oxygen atoms in total. The van der Waals surface area contributed by atoms with Crippen molar-refractivity contribution in [1.82, 2.24) is 0 Å². The minimum Gasteiger partial charge on any atom is -0.497 e. The van der Waals surface area contributed by atoms with Gasteiger partial charge in [-0.15, -0.1) is 0 Å². The smallest absolute Gasteiger partial charge is 0.325 e. The zero-order chi connectivity index (χ0) is 15.1. The Hall–Kier alpha value is -1.60. The van der Waals surface area contributed by atoms with Crippen LogP contribution in [0.1, 0.15) is 18.4 Å². The van der Waals surface area contributed by atoms with Crippen LogP contribution < -0.4 is 10.5 Å². The van der Waals surface area contributed by atoms with Gasteiger partial charge in [0.1, 0.15) is 11.3 Å². The molecule has 0 bridgehead atoms. The van der Waals surface area contributed by atoms with Crippen LogP contribution in [-0.2, 0) is 14.6 Å². The molecule has 1 saturated carbocycles. The summed E-state index contributed by atoms with van der Waals surface area (Å²) in [6.45, 7) is 1.49. The van der Waals surface area contributed by atoms with E-state index < -0.39 is 32.5 Å². The van der Waals surface area contributed by atoms with Crippen molar-refractivity contribution in [2.24, 2.45) is 5.73 Å². The topological polar surface area (TPSA) is 107 Å². The molecule has 0 saturated heterocycles. The molecule has 20 heavy (non-hydrogen) atoms. The molecular weight excluding hydrogens is 282 g/mol. The van der Waals surface area contributed by atoms with Gasteiger partial charge in [0.2, 0.25) is 0 Å². The van der Waals surface area contributed by atoms with Gasteiger partial charge in [-0.25, -0.2) is 8.42 Å². The van der Waals surface area contributed by atoms with E-state index in [0.717, 1.165) is 0 Å². The van der Waals surface area contributed by atoms with Gasteiger partial charge in [0.05, 0.1) is 12.4 Å². The first-order valence-electron chi connectivity index (χ1n) is 6.16. The van der Waals surface area contributed by atoms with Gasteiger partial charge in [-0.2, -0.15) is 0 Å². The molecule has 0 aliphatic heterocycles. The van der Waals surface area contributed by atoms with Crippen LogP contribution in [0.5, 0.6) is 5.75 Å². The summed E-state index contributed by atoms with van der Waals surface area (Å²) >= 11 is 0. The van der Waals surface area contributed by atoms with Gasteiger partial charge in [-0.1, -0.05) is 19.1 Å². The number of ether oxygens (including phenoxy) is 1. The number of methoxy groups -OCH3 is 1. The average molecular weight is 299 g/mol. The Morgan fingerprint density at radius 3 is 2.35 bits per heavy atom. The van der Waals surface area contributed by atoms with Gasteiger partial charge in [0.15, 0.2) is 9.84 Å². The Morgan fingerprint density at radius 1 is 1.40 bits per heavy atom. The van der Waals surface area contributed by atoms with Crippen molar-refractivity contribution in [3.8, 4) is 5.75 Å². The SMILES string of the molecule is CCS(=O)(=O)[C@@H]1[C@@H](c2ccc(OC)cc2)[C@@]1(N)C(=O)O. The maximum absolute atomic E-state index is 12.0. The van der Waals surface area contributed by atoms with E-state index in [1.165, 1.54) is 14.0 Å². The van der Waals surface area contributed by atoms with Crippen molar-refractivity contribution in [2.45, 2.75) is 23.6 Å². The highest BCUT2D eigenvalue weighted by molar-refractivity contribution is 7.92. The summed E-state index contributed by atoms with van der Waals surface area (Å²) in [7, 11) is -2.01. The fourth-order valence-corrected chi connectivity index (χ4v) is 4.49. The van der Waals surface area contributed by atoms with Crippen LogP contribution in [0.25, 0.3) is 0 Å². The van der Waals surface area contributed by atoms with Crippen LogP contribution in [0.3, 0.4) is 0 Å². The molecule has 3 N–H and O–H groups in total. The Kier molecular flexibility index (Phi) is 3.51. The minimum atomic E-state index is -3.53. The summed E-state index contributed by atoms with van der Waals surface area (Å²) < 4.78 is 29.1. The lowest BCUT2D eigenvalue weighted by Gasteiger charge is -2.05. The van der Waals surface area contributed by atoms with E-state index >= 15 is 0 Å². The van der Waals surface area contributed by atoms with E-state index in [-0.39, 0.29) is 5.75 Å². The zero-order valence-electron chi connectivity index (χ0n) is 11.2. The highest BCUT2D eigenvalue weighted by atomic mass is 32.2. The van der Waals surface area contributed by atoms with Gasteiger partial charge >= 0.3 is 5.97 Å². The third kappa shape index (κ3) is 2.06. The van der Waals surface area contributed by atoms with Crippen LogP contribution >= 0.6 is 0 Å². The Morgan fingerprint density at radius 2 is 1.95 bits per heavy atom. The van der Waals surface area contributed by atoms with Crippen molar-refractivity contribution in [1.29, 1.82) is 0 Å². The summed E-state index contributed by atoms with van der Waals surface area (Å²) in [6.07, 6.45) is 0. The molecule has 110 valence electrons. The number of carbonyl (C=O) groups is 1. The van der Waals surface area contributed by atoms with E-state index in [2.05, 4.69) is 0 Å². The lowest BCUT2D eigenvalue weighted by Crippen LogP contribution is -2.40. The molecule has 0 spiro atoms. The predicted molar refractivity (Wildman–Crippen MR) is 73.5 cm³/mol. The van der Waals surface area contributed by atoms with Gasteiger partial charge in [-0.3, -0.25) is 4.79 Å². The first kappa shape index (κ1) is 14.8. The second-order valence-electron chi connectivity index (χ2n) is 4.86. The molecule has 1 aliphatic rings. The average Bonchev–Trinajstić information content (AvgIpc) is 3.08. The number of aliphatic carboxylic acids is 1. The lowest BCUT2D eigenvalue weighted by atomic mass is 10.1. The first-order chi connectivity index (χ1) is 9.29. The highest BCUT2D eigenvalue weighted by Crippen LogP contribution is 2.54. The number of hydrogen-bond acceptors (Lipinski definition) is 5. The maximum Gasteiger partial charge on any atom is 0.325 e. The second-order valence-corrected chi connectivity index (χ2v) is 7.27. The fourth-order valence-electron chi connectivity index (χ4n) is 2.57. The molecule has 1 aromatic carbocycles. The summed E-state index contributed by atoms with van der Waals surface area (Å²) in [5.74, 6) is -1.53. The molecule has 0 unspecified atom stereocenters. The van der Waals surface area contributed by atoms with E-state index in [0.29, 0.717) is 11.3 Å². The van der Waals surface area contributed by atoms with Gasteiger partial charge in [0.25, 0.3) is 0 Å². The number of sulfone groups is 1. The molecule has 2 rings (SSSR count).